The highest BCUT2D eigenvalue weighted by molar-refractivity contribution is 7.16. The molecule has 1 amide bonds. The van der Waals surface area contributed by atoms with Gasteiger partial charge in [0.05, 0.1) is 0 Å². The Balaban J connectivity index is 1.74. The van der Waals surface area contributed by atoms with Gasteiger partial charge in [-0.25, -0.2) is 4.98 Å². The molecule has 6 nitrogen and oxygen atoms in total. The van der Waals surface area contributed by atoms with Crippen LogP contribution in [-0.4, -0.2) is 27.7 Å². The molecule has 2 aromatic rings. The van der Waals surface area contributed by atoms with Crippen molar-refractivity contribution in [1.82, 2.24) is 15.2 Å². The molecule has 0 radical (unpaired) electrons. The Kier molecular flexibility index (Phi) is 4.72. The van der Waals surface area contributed by atoms with E-state index in [0.717, 1.165) is 29.3 Å². The van der Waals surface area contributed by atoms with E-state index in [9.17, 15) is 4.79 Å². The van der Waals surface area contributed by atoms with Crippen molar-refractivity contribution < 1.29 is 9.53 Å². The molecule has 1 N–H and O–H groups in total. The van der Waals surface area contributed by atoms with Crippen molar-refractivity contribution in [3.05, 3.63) is 20.0 Å². The molecule has 0 unspecified atom stereocenters. The van der Waals surface area contributed by atoms with Crippen LogP contribution in [0.2, 0.25) is 4.47 Å². The van der Waals surface area contributed by atoms with Gasteiger partial charge >= 0.3 is 0 Å². The predicted octanol–water partition coefficient (Wildman–Crippen LogP) is 3.88. The van der Waals surface area contributed by atoms with E-state index in [1.807, 2.05) is 13.8 Å². The fourth-order valence-electron chi connectivity index (χ4n) is 2.20. The molecule has 0 aliphatic carbocycles. The second kappa shape index (κ2) is 6.57. The number of carbonyl (C=O) groups excluding carboxylic acids is 1. The van der Waals surface area contributed by atoms with Crippen LogP contribution in [0.1, 0.15) is 59.1 Å². The summed E-state index contributed by atoms with van der Waals surface area (Å²) in [6, 6.07) is 0. The maximum absolute atomic E-state index is 12.4. The van der Waals surface area contributed by atoms with E-state index in [1.54, 1.807) is 0 Å². The van der Waals surface area contributed by atoms with Gasteiger partial charge in [-0.1, -0.05) is 36.8 Å². The number of rotatable bonds is 4. The number of nitrogens with one attached hydrogen (secondary N) is 1. The lowest BCUT2D eigenvalue weighted by Crippen LogP contribution is -2.14. The Morgan fingerprint density at radius 1 is 1.41 bits per heavy atom. The summed E-state index contributed by atoms with van der Waals surface area (Å²) < 4.78 is 5.93. The molecule has 1 fully saturated rings. The number of anilines is 1. The molecular formula is C13H15ClN4O2S2. The largest absolute Gasteiger partial charge is 0.371 e. The van der Waals surface area contributed by atoms with Crippen molar-refractivity contribution >= 4 is 45.3 Å². The second-order valence-corrected chi connectivity index (χ2v) is 7.86. The molecule has 1 atom stereocenters. The van der Waals surface area contributed by atoms with Gasteiger partial charge in [-0.15, -0.1) is 21.5 Å². The molecule has 118 valence electrons. The van der Waals surface area contributed by atoms with E-state index in [-0.39, 0.29) is 17.9 Å². The first-order valence-electron chi connectivity index (χ1n) is 6.97. The third kappa shape index (κ3) is 3.29. The summed E-state index contributed by atoms with van der Waals surface area (Å²) in [5, 5.41) is 12.1. The van der Waals surface area contributed by atoms with Gasteiger partial charge in [-0.3, -0.25) is 10.1 Å². The number of aromatic nitrogens is 3. The van der Waals surface area contributed by atoms with Crippen LogP contribution in [-0.2, 0) is 4.74 Å². The Bertz CT molecular complexity index is 679. The molecule has 0 spiro atoms. The minimum atomic E-state index is -0.304. The van der Waals surface area contributed by atoms with E-state index in [2.05, 4.69) is 20.5 Å². The molecule has 3 rings (SSSR count). The van der Waals surface area contributed by atoms with Crippen molar-refractivity contribution in [2.75, 3.05) is 11.9 Å². The first kappa shape index (κ1) is 15.8. The van der Waals surface area contributed by atoms with Gasteiger partial charge in [0.25, 0.3) is 5.91 Å². The predicted molar refractivity (Wildman–Crippen MR) is 87.0 cm³/mol. The highest BCUT2D eigenvalue weighted by Crippen LogP contribution is 2.33. The zero-order chi connectivity index (χ0) is 15.7. The molecule has 0 aromatic carbocycles. The molecule has 0 saturated carbocycles. The van der Waals surface area contributed by atoms with Gasteiger partial charge in [0, 0.05) is 11.5 Å². The van der Waals surface area contributed by atoms with Gasteiger partial charge in [0.1, 0.15) is 16.8 Å². The minimum Gasteiger partial charge on any atom is -0.371 e. The van der Waals surface area contributed by atoms with Crippen LogP contribution in [0.25, 0.3) is 0 Å². The normalized spacial score (nSPS) is 18.1. The lowest BCUT2D eigenvalue weighted by molar-refractivity contribution is 0.102. The van der Waals surface area contributed by atoms with Crippen LogP contribution < -0.4 is 5.32 Å². The number of hydrogen-bond acceptors (Lipinski definition) is 7. The van der Waals surface area contributed by atoms with Crippen LogP contribution in [0.4, 0.5) is 5.13 Å². The summed E-state index contributed by atoms with van der Waals surface area (Å²) in [4.78, 5) is 17.3. The Morgan fingerprint density at radius 2 is 2.23 bits per heavy atom. The topological polar surface area (TPSA) is 77.0 Å². The van der Waals surface area contributed by atoms with Gasteiger partial charge < -0.3 is 4.74 Å². The van der Waals surface area contributed by atoms with Gasteiger partial charge in [-0.2, -0.15) is 0 Å². The average Bonchev–Trinajstić information content (AvgIpc) is 3.16. The zero-order valence-corrected chi connectivity index (χ0v) is 14.5. The van der Waals surface area contributed by atoms with Crippen LogP contribution in [0.3, 0.4) is 0 Å². The van der Waals surface area contributed by atoms with Crippen molar-refractivity contribution in [2.45, 2.75) is 38.7 Å². The Hall–Kier alpha value is -1.09. The van der Waals surface area contributed by atoms with Crippen LogP contribution in [0.15, 0.2) is 0 Å². The zero-order valence-electron chi connectivity index (χ0n) is 12.1. The summed E-state index contributed by atoms with van der Waals surface area (Å²) in [7, 11) is 0. The van der Waals surface area contributed by atoms with Crippen molar-refractivity contribution in [1.29, 1.82) is 0 Å². The molecule has 1 saturated heterocycles. The molecule has 1 aliphatic heterocycles. The monoisotopic (exact) mass is 358 g/mol. The lowest BCUT2D eigenvalue weighted by atomic mass is 10.1. The highest BCUT2D eigenvalue weighted by Gasteiger charge is 2.24. The third-order valence-corrected chi connectivity index (χ3v) is 5.62. The van der Waals surface area contributed by atoms with Crippen LogP contribution in [0.5, 0.6) is 0 Å². The molecule has 3 heterocycles. The molecule has 9 heteroatoms. The highest BCUT2D eigenvalue weighted by atomic mass is 35.5. The first-order valence-corrected chi connectivity index (χ1v) is 8.98. The van der Waals surface area contributed by atoms with Gasteiger partial charge in [-0.05, 0) is 18.8 Å². The standard InChI is InChI=1S/C13H15ClN4O2S2/c1-6(2)9-8(15-12(14)21-9)10(19)16-13-18-17-11(22-13)7-4-3-5-20-7/h6-7H,3-5H2,1-2H3,(H,16,18,19)/t7-/m0/s1. The number of amides is 1. The minimum absolute atomic E-state index is 0.00286. The van der Waals surface area contributed by atoms with Crippen molar-refractivity contribution in [2.24, 2.45) is 0 Å². The number of ether oxygens (including phenoxy) is 1. The van der Waals surface area contributed by atoms with E-state index >= 15 is 0 Å². The summed E-state index contributed by atoms with van der Waals surface area (Å²) in [6.07, 6.45) is 1.98. The number of carbonyl (C=O) groups is 1. The van der Waals surface area contributed by atoms with Crippen molar-refractivity contribution in [3.63, 3.8) is 0 Å². The fourth-order valence-corrected chi connectivity index (χ4v) is 4.15. The SMILES string of the molecule is CC(C)c1sc(Cl)nc1C(=O)Nc1nnc([C@@H]2CCCO2)s1. The van der Waals surface area contributed by atoms with Crippen molar-refractivity contribution in [3.8, 4) is 0 Å². The van der Waals surface area contributed by atoms with Crippen LogP contribution in [0, 0.1) is 0 Å². The van der Waals surface area contributed by atoms with E-state index in [4.69, 9.17) is 16.3 Å². The molecule has 0 bridgehead atoms. The quantitative estimate of drug-likeness (QED) is 0.897. The second-order valence-electron chi connectivity index (χ2n) is 5.24. The Labute approximate surface area is 140 Å². The smallest absolute Gasteiger partial charge is 0.277 e. The number of hydrogen-bond donors (Lipinski definition) is 1. The molecular weight excluding hydrogens is 344 g/mol. The number of nitrogens with zero attached hydrogens (tertiary/aromatic N) is 3. The fraction of sp³-hybridized carbons (Fsp3) is 0.538. The number of thiazole rings is 1. The third-order valence-electron chi connectivity index (χ3n) is 3.23. The van der Waals surface area contributed by atoms with Crippen LogP contribution >= 0.6 is 34.3 Å². The average molecular weight is 359 g/mol. The van der Waals surface area contributed by atoms with E-state index < -0.39 is 0 Å². The first-order chi connectivity index (χ1) is 10.5. The number of halogens is 1. The Morgan fingerprint density at radius 3 is 2.91 bits per heavy atom. The molecule has 2 aromatic heterocycles. The summed E-state index contributed by atoms with van der Waals surface area (Å²) >= 11 is 8.60. The summed E-state index contributed by atoms with van der Waals surface area (Å²) in [5.41, 5.74) is 0.360. The van der Waals surface area contributed by atoms with Gasteiger partial charge in [0.2, 0.25) is 5.13 Å². The van der Waals surface area contributed by atoms with E-state index in [1.165, 1.54) is 22.7 Å². The maximum atomic E-state index is 12.4. The van der Waals surface area contributed by atoms with Gasteiger partial charge in [0.15, 0.2) is 4.47 Å². The summed E-state index contributed by atoms with van der Waals surface area (Å²) in [5.74, 6) is -0.121. The maximum Gasteiger partial charge on any atom is 0.277 e. The molecule has 1 aliphatic rings. The lowest BCUT2D eigenvalue weighted by Gasteiger charge is -2.04. The van der Waals surface area contributed by atoms with E-state index in [0.29, 0.717) is 15.3 Å². The molecule has 22 heavy (non-hydrogen) atoms. The summed E-state index contributed by atoms with van der Waals surface area (Å²) in [6.45, 7) is 4.75.